The van der Waals surface area contributed by atoms with E-state index in [1.165, 1.54) is 6.07 Å². The number of rotatable bonds is 6. The van der Waals surface area contributed by atoms with Crippen molar-refractivity contribution >= 4 is 11.7 Å². The molecule has 28 heavy (non-hydrogen) atoms. The molecule has 1 aromatic heterocycles. The summed E-state index contributed by atoms with van der Waals surface area (Å²) in [5.41, 5.74) is 1.77. The van der Waals surface area contributed by atoms with Crippen LogP contribution in [0.5, 0.6) is 11.6 Å². The second-order valence-corrected chi connectivity index (χ2v) is 6.56. The van der Waals surface area contributed by atoms with Crippen molar-refractivity contribution in [1.29, 1.82) is 0 Å². The van der Waals surface area contributed by atoms with E-state index < -0.39 is 18.5 Å². The van der Waals surface area contributed by atoms with Gasteiger partial charge in [-0.2, -0.15) is 8.78 Å². The Labute approximate surface area is 160 Å². The van der Waals surface area contributed by atoms with Gasteiger partial charge in [0.15, 0.2) is 0 Å². The number of para-hydroxylation sites is 1. The van der Waals surface area contributed by atoms with Crippen LogP contribution in [0.4, 0.5) is 14.5 Å². The number of allylic oxidation sites excluding steroid dienone is 1. The summed E-state index contributed by atoms with van der Waals surface area (Å²) in [5.74, 6) is -1.93. The number of anilines is 1. The highest BCUT2D eigenvalue weighted by molar-refractivity contribution is 5.94. The van der Waals surface area contributed by atoms with Crippen LogP contribution in [-0.4, -0.2) is 28.8 Å². The largest absolute Gasteiger partial charge is 0.478 e. The van der Waals surface area contributed by atoms with Crippen LogP contribution in [0.2, 0.25) is 0 Å². The van der Waals surface area contributed by atoms with E-state index in [0.29, 0.717) is 22.5 Å². The SMILES string of the molecule is CC1=C(C(=O)O)C(c2ccccc2OC(F)F)c2c(ccnc2OC(C)C)N1. The van der Waals surface area contributed by atoms with Crippen LogP contribution in [0.25, 0.3) is 0 Å². The van der Waals surface area contributed by atoms with Crippen molar-refractivity contribution in [2.75, 3.05) is 5.32 Å². The van der Waals surface area contributed by atoms with Crippen molar-refractivity contribution in [2.45, 2.75) is 39.4 Å². The predicted octanol–water partition coefficient (Wildman–Crippen LogP) is 4.39. The molecule has 2 aromatic rings. The summed E-state index contributed by atoms with van der Waals surface area (Å²) < 4.78 is 36.4. The van der Waals surface area contributed by atoms with Crippen molar-refractivity contribution in [3.8, 4) is 11.6 Å². The minimum atomic E-state index is -3.04. The van der Waals surface area contributed by atoms with Crippen molar-refractivity contribution in [1.82, 2.24) is 4.98 Å². The fraction of sp³-hybridized carbons (Fsp3) is 0.300. The number of carboxylic acid groups (broad SMARTS) is 1. The van der Waals surface area contributed by atoms with Crippen molar-refractivity contribution in [3.63, 3.8) is 0 Å². The number of carboxylic acids is 1. The Morgan fingerprint density at radius 1 is 1.21 bits per heavy atom. The Bertz CT molecular complexity index is 928. The van der Waals surface area contributed by atoms with E-state index in [1.54, 1.807) is 37.4 Å². The fourth-order valence-corrected chi connectivity index (χ4v) is 3.31. The maximum absolute atomic E-state index is 12.9. The molecule has 1 atom stereocenters. The van der Waals surface area contributed by atoms with Gasteiger partial charge in [-0.3, -0.25) is 0 Å². The van der Waals surface area contributed by atoms with Gasteiger partial charge in [0.1, 0.15) is 5.75 Å². The molecule has 1 aliphatic heterocycles. The van der Waals surface area contributed by atoms with Gasteiger partial charge in [-0.05, 0) is 32.9 Å². The average Bonchev–Trinajstić information content (AvgIpc) is 2.60. The lowest BCUT2D eigenvalue weighted by Crippen LogP contribution is -2.25. The van der Waals surface area contributed by atoms with Gasteiger partial charge in [-0.1, -0.05) is 18.2 Å². The number of nitrogens with zero attached hydrogens (tertiary/aromatic N) is 1. The highest BCUT2D eigenvalue weighted by Crippen LogP contribution is 2.48. The summed E-state index contributed by atoms with van der Waals surface area (Å²) >= 11 is 0. The van der Waals surface area contributed by atoms with Crippen LogP contribution in [0.3, 0.4) is 0 Å². The third-order valence-electron chi connectivity index (χ3n) is 4.28. The normalized spacial score (nSPS) is 16.0. The zero-order chi connectivity index (χ0) is 20.4. The molecule has 0 saturated heterocycles. The molecule has 0 bridgehead atoms. The summed E-state index contributed by atoms with van der Waals surface area (Å²) in [7, 11) is 0. The number of hydrogen-bond acceptors (Lipinski definition) is 5. The Morgan fingerprint density at radius 3 is 2.57 bits per heavy atom. The monoisotopic (exact) mass is 390 g/mol. The zero-order valence-electron chi connectivity index (χ0n) is 15.6. The number of carbonyl (C=O) groups is 1. The molecule has 0 amide bonds. The van der Waals surface area contributed by atoms with Crippen LogP contribution in [0.15, 0.2) is 47.8 Å². The van der Waals surface area contributed by atoms with E-state index in [0.717, 1.165) is 0 Å². The number of fused-ring (bicyclic) bond motifs is 1. The summed E-state index contributed by atoms with van der Waals surface area (Å²) in [5, 5.41) is 12.9. The number of aliphatic carboxylic acids is 1. The quantitative estimate of drug-likeness (QED) is 0.762. The molecule has 0 radical (unpaired) electrons. The number of ether oxygens (including phenoxy) is 2. The summed E-state index contributed by atoms with van der Waals surface area (Å²) in [4.78, 5) is 16.3. The third-order valence-corrected chi connectivity index (χ3v) is 4.28. The second-order valence-electron chi connectivity index (χ2n) is 6.56. The van der Waals surface area contributed by atoms with Gasteiger partial charge in [0, 0.05) is 23.1 Å². The predicted molar refractivity (Wildman–Crippen MR) is 98.9 cm³/mol. The van der Waals surface area contributed by atoms with E-state index in [1.807, 2.05) is 13.8 Å². The number of benzene rings is 1. The lowest BCUT2D eigenvalue weighted by Gasteiger charge is -2.31. The summed E-state index contributed by atoms with van der Waals surface area (Å²) in [6.45, 7) is 2.22. The molecular formula is C20H20F2N2O4. The number of nitrogens with one attached hydrogen (secondary N) is 1. The summed E-state index contributed by atoms with van der Waals surface area (Å²) in [6.07, 6.45) is 1.33. The Balaban J connectivity index is 2.28. The van der Waals surface area contributed by atoms with E-state index in [-0.39, 0.29) is 23.3 Å². The van der Waals surface area contributed by atoms with Gasteiger partial charge in [0.05, 0.1) is 23.2 Å². The molecule has 2 N–H and O–H groups in total. The molecule has 8 heteroatoms. The fourth-order valence-electron chi connectivity index (χ4n) is 3.31. The number of alkyl halides is 2. The number of aromatic nitrogens is 1. The number of hydrogen-bond donors (Lipinski definition) is 2. The van der Waals surface area contributed by atoms with Gasteiger partial charge in [-0.15, -0.1) is 0 Å². The van der Waals surface area contributed by atoms with Crippen LogP contribution in [0.1, 0.15) is 37.8 Å². The molecule has 3 rings (SSSR count). The Hall–Kier alpha value is -3.16. The van der Waals surface area contributed by atoms with Gasteiger partial charge >= 0.3 is 12.6 Å². The highest BCUT2D eigenvalue weighted by Gasteiger charge is 2.37. The molecule has 1 aliphatic rings. The minimum absolute atomic E-state index is 0.0134. The first-order chi connectivity index (χ1) is 13.3. The lowest BCUT2D eigenvalue weighted by atomic mass is 9.80. The average molecular weight is 390 g/mol. The lowest BCUT2D eigenvalue weighted by molar-refractivity contribution is -0.132. The van der Waals surface area contributed by atoms with Crippen LogP contribution in [0, 0.1) is 0 Å². The molecule has 1 unspecified atom stereocenters. The van der Waals surface area contributed by atoms with Crippen LogP contribution < -0.4 is 14.8 Å². The van der Waals surface area contributed by atoms with Crippen molar-refractivity contribution in [3.05, 3.63) is 58.9 Å². The van der Waals surface area contributed by atoms with Gasteiger partial charge in [-0.25, -0.2) is 9.78 Å². The van der Waals surface area contributed by atoms with Gasteiger partial charge in [0.25, 0.3) is 0 Å². The molecule has 0 spiro atoms. The van der Waals surface area contributed by atoms with E-state index >= 15 is 0 Å². The van der Waals surface area contributed by atoms with E-state index in [2.05, 4.69) is 15.0 Å². The molecule has 0 saturated carbocycles. The van der Waals surface area contributed by atoms with Crippen molar-refractivity contribution < 1.29 is 28.2 Å². The molecule has 6 nitrogen and oxygen atoms in total. The van der Waals surface area contributed by atoms with E-state index in [9.17, 15) is 18.7 Å². The first-order valence-electron chi connectivity index (χ1n) is 8.70. The maximum Gasteiger partial charge on any atom is 0.387 e. The van der Waals surface area contributed by atoms with E-state index in [4.69, 9.17) is 4.74 Å². The Kier molecular flexibility index (Phi) is 5.48. The first kappa shape index (κ1) is 19.6. The molecule has 0 fully saturated rings. The molecule has 0 aliphatic carbocycles. The smallest absolute Gasteiger partial charge is 0.387 e. The van der Waals surface area contributed by atoms with Crippen LogP contribution in [-0.2, 0) is 4.79 Å². The zero-order valence-corrected chi connectivity index (χ0v) is 15.6. The number of halogens is 2. The standard InChI is InChI=1S/C20H20F2N2O4/c1-10(2)27-18-17-13(8-9-23-18)24-11(3)15(19(25)26)16(17)12-6-4-5-7-14(12)28-20(21)22/h4-10,16,20,24H,1-3H3,(H,25,26). The molecular weight excluding hydrogens is 370 g/mol. The number of pyridine rings is 1. The van der Waals surface area contributed by atoms with Crippen LogP contribution >= 0.6 is 0 Å². The first-order valence-corrected chi connectivity index (χ1v) is 8.70. The molecule has 2 heterocycles. The van der Waals surface area contributed by atoms with Gasteiger partial charge in [0.2, 0.25) is 5.88 Å². The third kappa shape index (κ3) is 3.76. The molecule has 148 valence electrons. The van der Waals surface area contributed by atoms with Crippen molar-refractivity contribution in [2.24, 2.45) is 0 Å². The highest BCUT2D eigenvalue weighted by atomic mass is 19.3. The topological polar surface area (TPSA) is 80.7 Å². The maximum atomic E-state index is 12.9. The summed E-state index contributed by atoms with van der Waals surface area (Å²) in [6, 6.07) is 7.84. The molecule has 1 aromatic carbocycles. The van der Waals surface area contributed by atoms with Gasteiger partial charge < -0.3 is 19.9 Å². The minimum Gasteiger partial charge on any atom is -0.478 e. The Morgan fingerprint density at radius 2 is 1.93 bits per heavy atom. The second kappa shape index (κ2) is 7.84.